The number of carbonyl (C=O) groups excluding carboxylic acids is 2. The molecule has 8 heteroatoms. The minimum Gasteiger partial charge on any atom is -0.457 e. The molecule has 0 spiro atoms. The Labute approximate surface area is 123 Å². The van der Waals surface area contributed by atoms with Gasteiger partial charge in [-0.15, -0.1) is 0 Å². The zero-order chi connectivity index (χ0) is 14.7. The number of halogens is 2. The number of carbonyl (C=O) groups is 2. The van der Waals surface area contributed by atoms with Crippen LogP contribution in [0.2, 0.25) is 0 Å². The van der Waals surface area contributed by atoms with Crippen LogP contribution in [0.1, 0.15) is 6.92 Å². The summed E-state index contributed by atoms with van der Waals surface area (Å²) in [7, 11) is 0. The van der Waals surface area contributed by atoms with Crippen molar-refractivity contribution in [1.82, 2.24) is 10.3 Å². The van der Waals surface area contributed by atoms with Gasteiger partial charge in [-0.2, -0.15) is 0 Å². The molecule has 0 radical (unpaired) electrons. The summed E-state index contributed by atoms with van der Waals surface area (Å²) in [5.74, 6) is -0.795. The van der Waals surface area contributed by atoms with Crippen molar-refractivity contribution in [3.8, 4) is 0 Å². The van der Waals surface area contributed by atoms with Crippen LogP contribution in [0.15, 0.2) is 22.8 Å². The minimum absolute atomic E-state index is 0.0397. The van der Waals surface area contributed by atoms with Crippen LogP contribution >= 0.6 is 15.9 Å². The highest BCUT2D eigenvalue weighted by atomic mass is 79.9. The molecule has 1 aliphatic heterocycles. The van der Waals surface area contributed by atoms with E-state index < -0.39 is 30.2 Å². The van der Waals surface area contributed by atoms with E-state index in [0.29, 0.717) is 10.4 Å². The molecule has 1 aliphatic rings. The molecule has 108 valence electrons. The Morgan fingerprint density at radius 3 is 2.95 bits per heavy atom. The third kappa shape index (κ3) is 3.51. The van der Waals surface area contributed by atoms with Gasteiger partial charge in [-0.1, -0.05) is 6.07 Å². The Balaban J connectivity index is 2.06. The van der Waals surface area contributed by atoms with Gasteiger partial charge < -0.3 is 10.1 Å². The fourth-order valence-corrected chi connectivity index (χ4v) is 2.28. The lowest BCUT2D eigenvalue weighted by atomic mass is 10.1. The quantitative estimate of drug-likeness (QED) is 0.631. The van der Waals surface area contributed by atoms with Crippen molar-refractivity contribution in [1.29, 1.82) is 0 Å². The summed E-state index contributed by atoms with van der Waals surface area (Å²) in [6.07, 6.45) is -2.54. The molecule has 2 N–H and O–H groups in total. The van der Waals surface area contributed by atoms with Crippen molar-refractivity contribution in [2.24, 2.45) is 0 Å². The number of hydrogen-bond acceptors (Lipinski definition) is 5. The maximum Gasteiger partial charge on any atom is 0.303 e. The third-order valence-electron chi connectivity index (χ3n) is 2.77. The van der Waals surface area contributed by atoms with Gasteiger partial charge in [0, 0.05) is 13.5 Å². The molecule has 1 aromatic rings. The van der Waals surface area contributed by atoms with E-state index in [1.807, 2.05) is 0 Å². The molecule has 1 aromatic heterocycles. The first-order chi connectivity index (χ1) is 9.47. The lowest BCUT2D eigenvalue weighted by molar-refractivity contribution is -0.150. The van der Waals surface area contributed by atoms with Crippen LogP contribution in [0.4, 0.5) is 10.2 Å². The lowest BCUT2D eigenvalue weighted by Gasteiger charge is -2.19. The summed E-state index contributed by atoms with van der Waals surface area (Å²) in [6.45, 7) is 1.14. The van der Waals surface area contributed by atoms with Crippen molar-refractivity contribution >= 4 is 33.6 Å². The van der Waals surface area contributed by atoms with E-state index in [0.717, 1.165) is 0 Å². The number of amides is 1. The minimum atomic E-state index is -1.41. The molecule has 1 amide bonds. The first-order valence-corrected chi connectivity index (χ1v) is 6.75. The molecule has 0 saturated carbocycles. The summed E-state index contributed by atoms with van der Waals surface area (Å²) in [5.41, 5.74) is 0. The Hall–Kier alpha value is -1.54. The maximum atomic E-state index is 13.6. The fraction of sp³-hybridized carbons (Fsp3) is 0.417. The first kappa shape index (κ1) is 14.9. The van der Waals surface area contributed by atoms with Gasteiger partial charge in [-0.3, -0.25) is 14.9 Å². The van der Waals surface area contributed by atoms with Crippen molar-refractivity contribution in [3.63, 3.8) is 0 Å². The third-order valence-corrected chi connectivity index (χ3v) is 3.21. The SMILES string of the molecule is CC(=O)O[C@H]1[C@@H](C(=O)Nc2cccc(Br)n2)NC[C@@H]1F. The standard InChI is InChI=1S/C12H13BrFN3O3/c1-6(18)20-11-7(14)5-15-10(11)12(19)17-9-4-2-3-8(13)16-9/h2-4,7,10-11,15H,5H2,1H3,(H,16,17,19)/t7-,10-,11+/m0/s1. The van der Waals surface area contributed by atoms with Gasteiger partial charge in [-0.05, 0) is 28.1 Å². The van der Waals surface area contributed by atoms with Crippen LogP contribution in [-0.4, -0.2) is 41.7 Å². The van der Waals surface area contributed by atoms with Crippen molar-refractivity contribution < 1.29 is 18.7 Å². The molecule has 2 heterocycles. The second-order valence-electron chi connectivity index (χ2n) is 4.31. The topological polar surface area (TPSA) is 80.3 Å². The van der Waals surface area contributed by atoms with Crippen molar-refractivity contribution in [3.05, 3.63) is 22.8 Å². The molecule has 3 atom stereocenters. The van der Waals surface area contributed by atoms with Crippen molar-refractivity contribution in [2.45, 2.75) is 25.2 Å². The van der Waals surface area contributed by atoms with Crippen LogP contribution in [0.25, 0.3) is 0 Å². The Morgan fingerprint density at radius 1 is 1.55 bits per heavy atom. The van der Waals surface area contributed by atoms with Crippen molar-refractivity contribution in [2.75, 3.05) is 11.9 Å². The molecule has 0 bridgehead atoms. The molecule has 1 fully saturated rings. The summed E-state index contributed by atoms with van der Waals surface area (Å²) < 4.78 is 19.0. The van der Waals surface area contributed by atoms with Gasteiger partial charge in [-0.25, -0.2) is 9.37 Å². The number of pyridine rings is 1. The number of aromatic nitrogens is 1. The van der Waals surface area contributed by atoms with E-state index in [-0.39, 0.29) is 6.54 Å². The van der Waals surface area contributed by atoms with E-state index in [2.05, 4.69) is 31.5 Å². The highest BCUT2D eigenvalue weighted by Crippen LogP contribution is 2.18. The van der Waals surface area contributed by atoms with Gasteiger partial charge in [0.1, 0.15) is 16.5 Å². The molecule has 1 saturated heterocycles. The Morgan fingerprint density at radius 2 is 2.30 bits per heavy atom. The number of alkyl halides is 1. The highest BCUT2D eigenvalue weighted by molar-refractivity contribution is 9.10. The first-order valence-electron chi connectivity index (χ1n) is 5.95. The molecule has 0 unspecified atom stereocenters. The van der Waals surface area contributed by atoms with Crippen LogP contribution in [0.3, 0.4) is 0 Å². The molecule has 0 aromatic carbocycles. The average Bonchev–Trinajstić information content (AvgIpc) is 2.70. The molecular formula is C12H13BrFN3O3. The van der Waals surface area contributed by atoms with Gasteiger partial charge in [0.2, 0.25) is 5.91 Å². The second kappa shape index (κ2) is 6.27. The number of ether oxygens (including phenoxy) is 1. The van der Waals surface area contributed by atoms with E-state index in [9.17, 15) is 14.0 Å². The van der Waals surface area contributed by atoms with Gasteiger partial charge in [0.25, 0.3) is 0 Å². The van der Waals surface area contributed by atoms with Crippen LogP contribution < -0.4 is 10.6 Å². The van der Waals surface area contributed by atoms with Crippen LogP contribution in [0.5, 0.6) is 0 Å². The predicted octanol–water partition coefficient (Wildman–Crippen LogP) is 1.02. The monoisotopic (exact) mass is 345 g/mol. The second-order valence-corrected chi connectivity index (χ2v) is 5.12. The largest absolute Gasteiger partial charge is 0.457 e. The van der Waals surface area contributed by atoms with E-state index in [1.165, 1.54) is 6.92 Å². The maximum absolute atomic E-state index is 13.6. The van der Waals surface area contributed by atoms with E-state index >= 15 is 0 Å². The number of hydrogen-bond donors (Lipinski definition) is 2. The number of esters is 1. The average molecular weight is 346 g/mol. The highest BCUT2D eigenvalue weighted by Gasteiger charge is 2.43. The Bertz CT molecular complexity index is 528. The normalized spacial score (nSPS) is 25.2. The number of rotatable bonds is 3. The zero-order valence-corrected chi connectivity index (χ0v) is 12.2. The van der Waals surface area contributed by atoms with Gasteiger partial charge in [0.15, 0.2) is 12.3 Å². The summed E-state index contributed by atoms with van der Waals surface area (Å²) >= 11 is 3.18. The van der Waals surface area contributed by atoms with Gasteiger partial charge >= 0.3 is 5.97 Å². The smallest absolute Gasteiger partial charge is 0.303 e. The number of anilines is 1. The van der Waals surface area contributed by atoms with Gasteiger partial charge in [0.05, 0.1) is 0 Å². The zero-order valence-electron chi connectivity index (χ0n) is 10.6. The molecule has 6 nitrogen and oxygen atoms in total. The van der Waals surface area contributed by atoms with E-state index in [1.54, 1.807) is 18.2 Å². The molecule has 0 aliphatic carbocycles. The number of nitrogens with one attached hydrogen (secondary N) is 2. The molecule has 2 rings (SSSR count). The fourth-order valence-electron chi connectivity index (χ4n) is 1.94. The predicted molar refractivity (Wildman–Crippen MR) is 72.8 cm³/mol. The van der Waals surface area contributed by atoms with Crippen LogP contribution in [0, 0.1) is 0 Å². The summed E-state index contributed by atoms with van der Waals surface area (Å²) in [4.78, 5) is 27.1. The molecular weight excluding hydrogens is 333 g/mol. The number of nitrogens with zero attached hydrogens (tertiary/aromatic N) is 1. The van der Waals surface area contributed by atoms with Crippen LogP contribution in [-0.2, 0) is 14.3 Å². The van der Waals surface area contributed by atoms with E-state index in [4.69, 9.17) is 4.74 Å². The summed E-state index contributed by atoms with van der Waals surface area (Å²) in [6, 6.07) is 4.08. The summed E-state index contributed by atoms with van der Waals surface area (Å²) in [5, 5.41) is 5.24. The Kier molecular flexibility index (Phi) is 4.66. The molecule has 20 heavy (non-hydrogen) atoms. The lowest BCUT2D eigenvalue weighted by Crippen LogP contribution is -2.45.